The van der Waals surface area contributed by atoms with E-state index in [4.69, 9.17) is 11.6 Å². The summed E-state index contributed by atoms with van der Waals surface area (Å²) >= 11 is 9.28. The average molecular weight is 346 g/mol. The molecule has 1 aromatic carbocycles. The number of halogens is 2. The molecule has 0 atom stereocenters. The second-order valence-electron chi connectivity index (χ2n) is 4.88. The Hall–Kier alpha value is -0.740. The maximum Gasteiger partial charge on any atom is 0.239 e. The summed E-state index contributed by atoms with van der Waals surface area (Å²) in [6.07, 6.45) is 5.96. The van der Waals surface area contributed by atoms with Gasteiger partial charge in [-0.25, -0.2) is 0 Å². The molecule has 2 N–H and O–H groups in total. The minimum absolute atomic E-state index is 0.0537. The maximum absolute atomic E-state index is 11.8. The number of amides is 1. The summed E-state index contributed by atoms with van der Waals surface area (Å²) in [4.78, 5) is 11.8. The van der Waals surface area contributed by atoms with Crippen LogP contribution >= 0.6 is 27.5 Å². The predicted octanol–water partition coefficient (Wildman–Crippen LogP) is 3.96. The molecule has 1 amide bonds. The quantitative estimate of drug-likeness (QED) is 0.867. The zero-order valence-electron chi connectivity index (χ0n) is 10.7. The fourth-order valence-corrected chi connectivity index (χ4v) is 2.81. The SMILES string of the molecule is O=C(CNc1ccc(Cl)c(Br)c1)NC1CCCCC1. The fourth-order valence-electron chi connectivity index (χ4n) is 2.31. The van der Waals surface area contributed by atoms with Gasteiger partial charge in [-0.3, -0.25) is 4.79 Å². The molecule has 1 aliphatic rings. The van der Waals surface area contributed by atoms with Crippen molar-refractivity contribution in [2.45, 2.75) is 38.1 Å². The van der Waals surface area contributed by atoms with Crippen LogP contribution in [-0.2, 0) is 4.79 Å². The van der Waals surface area contributed by atoms with E-state index in [1.165, 1.54) is 19.3 Å². The van der Waals surface area contributed by atoms with Gasteiger partial charge in [0, 0.05) is 16.2 Å². The molecule has 0 aliphatic heterocycles. The molecule has 1 aliphatic carbocycles. The summed E-state index contributed by atoms with van der Waals surface area (Å²) in [6, 6.07) is 5.89. The standard InChI is InChI=1S/C14H18BrClN2O/c15-12-8-11(6-7-13(12)16)17-9-14(19)18-10-4-2-1-3-5-10/h6-8,10,17H,1-5,9H2,(H,18,19). The van der Waals surface area contributed by atoms with Gasteiger partial charge in [0.05, 0.1) is 11.6 Å². The van der Waals surface area contributed by atoms with E-state index >= 15 is 0 Å². The van der Waals surface area contributed by atoms with E-state index < -0.39 is 0 Å². The highest BCUT2D eigenvalue weighted by Gasteiger charge is 2.15. The second kappa shape index (κ2) is 7.15. The van der Waals surface area contributed by atoms with Crippen LogP contribution in [0.5, 0.6) is 0 Å². The summed E-state index contributed by atoms with van der Waals surface area (Å²) in [5.41, 5.74) is 0.884. The van der Waals surface area contributed by atoms with Gasteiger partial charge >= 0.3 is 0 Å². The van der Waals surface area contributed by atoms with Gasteiger partial charge in [0.1, 0.15) is 0 Å². The molecular formula is C14H18BrClN2O. The molecule has 1 aromatic rings. The van der Waals surface area contributed by atoms with Crippen molar-refractivity contribution in [3.05, 3.63) is 27.7 Å². The Kier molecular flexibility index (Phi) is 5.52. The highest BCUT2D eigenvalue weighted by molar-refractivity contribution is 9.10. The zero-order chi connectivity index (χ0) is 13.7. The summed E-state index contributed by atoms with van der Waals surface area (Å²) in [5.74, 6) is 0.0537. The topological polar surface area (TPSA) is 41.1 Å². The zero-order valence-corrected chi connectivity index (χ0v) is 13.1. The van der Waals surface area contributed by atoms with Gasteiger partial charge in [0.2, 0.25) is 5.91 Å². The van der Waals surface area contributed by atoms with Crippen LogP contribution in [0.1, 0.15) is 32.1 Å². The minimum Gasteiger partial charge on any atom is -0.376 e. The van der Waals surface area contributed by atoms with E-state index in [1.54, 1.807) is 6.07 Å². The van der Waals surface area contributed by atoms with Crippen molar-refractivity contribution in [2.24, 2.45) is 0 Å². The van der Waals surface area contributed by atoms with Crippen LogP contribution in [0, 0.1) is 0 Å². The van der Waals surface area contributed by atoms with Crippen LogP contribution in [0.15, 0.2) is 22.7 Å². The average Bonchev–Trinajstić information content (AvgIpc) is 2.41. The molecule has 0 heterocycles. The monoisotopic (exact) mass is 344 g/mol. The second-order valence-corrected chi connectivity index (χ2v) is 6.15. The third-order valence-corrected chi connectivity index (χ3v) is 4.56. The molecule has 0 spiro atoms. The smallest absolute Gasteiger partial charge is 0.239 e. The van der Waals surface area contributed by atoms with Crippen LogP contribution in [0.3, 0.4) is 0 Å². The first-order chi connectivity index (χ1) is 9.15. The highest BCUT2D eigenvalue weighted by Crippen LogP contribution is 2.25. The van der Waals surface area contributed by atoms with Gasteiger partial charge in [-0.15, -0.1) is 0 Å². The first kappa shape index (κ1) is 14.7. The minimum atomic E-state index is 0.0537. The lowest BCUT2D eigenvalue weighted by Gasteiger charge is -2.22. The van der Waals surface area contributed by atoms with Crippen molar-refractivity contribution in [3.63, 3.8) is 0 Å². The molecule has 1 saturated carbocycles. The van der Waals surface area contributed by atoms with Crippen molar-refractivity contribution < 1.29 is 4.79 Å². The van der Waals surface area contributed by atoms with Crippen molar-refractivity contribution in [1.29, 1.82) is 0 Å². The lowest BCUT2D eigenvalue weighted by atomic mass is 9.95. The Bertz CT molecular complexity index is 447. The largest absolute Gasteiger partial charge is 0.376 e. The third-order valence-electron chi connectivity index (χ3n) is 3.34. The molecule has 0 bridgehead atoms. The lowest BCUT2D eigenvalue weighted by Crippen LogP contribution is -2.39. The molecule has 104 valence electrons. The highest BCUT2D eigenvalue weighted by atomic mass is 79.9. The van der Waals surface area contributed by atoms with Gasteiger partial charge in [0.25, 0.3) is 0 Å². The first-order valence-corrected chi connectivity index (χ1v) is 7.80. The van der Waals surface area contributed by atoms with Crippen molar-refractivity contribution >= 4 is 39.1 Å². The molecule has 0 unspecified atom stereocenters. The Labute approximate surface area is 127 Å². The van der Waals surface area contributed by atoms with Crippen molar-refractivity contribution in [2.75, 3.05) is 11.9 Å². The van der Waals surface area contributed by atoms with Gasteiger partial charge in [-0.2, -0.15) is 0 Å². The summed E-state index contributed by atoms with van der Waals surface area (Å²) in [6.45, 7) is 0.296. The molecule has 1 fully saturated rings. The molecular weight excluding hydrogens is 328 g/mol. The van der Waals surface area contributed by atoms with E-state index in [1.807, 2.05) is 12.1 Å². The molecule has 3 nitrogen and oxygen atoms in total. The number of carbonyl (C=O) groups excluding carboxylic acids is 1. The fraction of sp³-hybridized carbons (Fsp3) is 0.500. The normalized spacial score (nSPS) is 16.1. The molecule has 0 saturated heterocycles. The first-order valence-electron chi connectivity index (χ1n) is 6.63. The summed E-state index contributed by atoms with van der Waals surface area (Å²) in [7, 11) is 0. The molecule has 0 radical (unpaired) electrons. The molecule has 19 heavy (non-hydrogen) atoms. The van der Waals surface area contributed by atoms with Gasteiger partial charge in [-0.05, 0) is 47.0 Å². The predicted molar refractivity (Wildman–Crippen MR) is 82.7 cm³/mol. The number of rotatable bonds is 4. The van der Waals surface area contributed by atoms with Crippen LogP contribution in [0.25, 0.3) is 0 Å². The van der Waals surface area contributed by atoms with Crippen molar-refractivity contribution in [1.82, 2.24) is 5.32 Å². The number of carbonyl (C=O) groups is 1. The number of hydrogen-bond acceptors (Lipinski definition) is 2. The van der Waals surface area contributed by atoms with Crippen LogP contribution in [-0.4, -0.2) is 18.5 Å². The van der Waals surface area contributed by atoms with Crippen LogP contribution in [0.2, 0.25) is 5.02 Å². The van der Waals surface area contributed by atoms with Crippen LogP contribution < -0.4 is 10.6 Å². The molecule has 0 aromatic heterocycles. The van der Waals surface area contributed by atoms with Crippen LogP contribution in [0.4, 0.5) is 5.69 Å². The maximum atomic E-state index is 11.8. The van der Waals surface area contributed by atoms with Gasteiger partial charge in [-0.1, -0.05) is 30.9 Å². The molecule has 5 heteroatoms. The Morgan fingerprint density at radius 2 is 2.05 bits per heavy atom. The Morgan fingerprint density at radius 3 is 2.74 bits per heavy atom. The van der Waals surface area contributed by atoms with Gasteiger partial charge < -0.3 is 10.6 Å². The van der Waals surface area contributed by atoms with E-state index in [2.05, 4.69) is 26.6 Å². The van der Waals surface area contributed by atoms with Crippen molar-refractivity contribution in [3.8, 4) is 0 Å². The van der Waals surface area contributed by atoms with E-state index in [0.717, 1.165) is 23.0 Å². The number of nitrogens with one attached hydrogen (secondary N) is 2. The summed E-state index contributed by atoms with van der Waals surface area (Å²) < 4.78 is 0.826. The van der Waals surface area contributed by atoms with E-state index in [0.29, 0.717) is 17.6 Å². The number of hydrogen-bond donors (Lipinski definition) is 2. The lowest BCUT2D eigenvalue weighted by molar-refractivity contribution is -0.120. The molecule has 2 rings (SSSR count). The number of benzene rings is 1. The Balaban J connectivity index is 1.77. The van der Waals surface area contributed by atoms with E-state index in [-0.39, 0.29) is 5.91 Å². The third kappa shape index (κ3) is 4.69. The van der Waals surface area contributed by atoms with E-state index in [9.17, 15) is 4.79 Å². The van der Waals surface area contributed by atoms with Gasteiger partial charge in [0.15, 0.2) is 0 Å². The summed E-state index contributed by atoms with van der Waals surface area (Å²) in [5, 5.41) is 6.84. The number of anilines is 1. The Morgan fingerprint density at radius 1 is 1.32 bits per heavy atom.